The summed E-state index contributed by atoms with van der Waals surface area (Å²) in [6.45, 7) is 2.93. The average molecular weight is 406 g/mol. The van der Waals surface area contributed by atoms with Crippen LogP contribution in [0.25, 0.3) is 0 Å². The standard InChI is InChI=1S/C20H31N5O2S/c1-21-20(23-11-5-10-22-18(26)17-8-4-13-28-17)24-16-9-12-25(14-16)19(27)15-6-2-3-7-15/h4,8,13,15-16H,2-3,5-7,9-12,14H2,1H3,(H,22,26)(H2,21,23,24). The highest BCUT2D eigenvalue weighted by Gasteiger charge is 2.32. The molecule has 1 unspecified atom stereocenters. The molecule has 2 fully saturated rings. The molecule has 2 aliphatic rings. The Bertz CT molecular complexity index is 670. The molecular weight excluding hydrogens is 374 g/mol. The number of amides is 2. The summed E-state index contributed by atoms with van der Waals surface area (Å²) in [5.41, 5.74) is 0. The molecule has 0 aromatic carbocycles. The summed E-state index contributed by atoms with van der Waals surface area (Å²) in [7, 11) is 1.75. The normalized spacial score (nSPS) is 20.4. The van der Waals surface area contributed by atoms with Crippen molar-refractivity contribution in [3.8, 4) is 0 Å². The van der Waals surface area contributed by atoms with Crippen molar-refractivity contribution in [3.05, 3.63) is 22.4 Å². The lowest BCUT2D eigenvalue weighted by Crippen LogP contribution is -2.46. The van der Waals surface area contributed by atoms with Gasteiger partial charge in [-0.3, -0.25) is 14.6 Å². The van der Waals surface area contributed by atoms with E-state index < -0.39 is 0 Å². The van der Waals surface area contributed by atoms with Crippen LogP contribution in [0.5, 0.6) is 0 Å². The zero-order chi connectivity index (χ0) is 19.8. The summed E-state index contributed by atoms with van der Waals surface area (Å²) >= 11 is 1.45. The first-order chi connectivity index (χ1) is 13.7. The van der Waals surface area contributed by atoms with E-state index in [1.165, 1.54) is 24.2 Å². The fourth-order valence-electron chi connectivity index (χ4n) is 3.89. The van der Waals surface area contributed by atoms with Crippen LogP contribution in [0, 0.1) is 5.92 Å². The van der Waals surface area contributed by atoms with Crippen LogP contribution in [0.3, 0.4) is 0 Å². The molecule has 0 bridgehead atoms. The van der Waals surface area contributed by atoms with Crippen molar-refractivity contribution in [2.75, 3.05) is 33.2 Å². The van der Waals surface area contributed by atoms with Crippen LogP contribution in [0.1, 0.15) is 48.2 Å². The third-order valence-corrected chi connectivity index (χ3v) is 6.31. The predicted octanol–water partition coefficient (Wildman–Crippen LogP) is 1.82. The molecule has 3 N–H and O–H groups in total. The lowest BCUT2D eigenvalue weighted by molar-refractivity contribution is -0.134. The molecule has 1 aromatic rings. The maximum atomic E-state index is 12.6. The van der Waals surface area contributed by atoms with Crippen molar-refractivity contribution in [1.29, 1.82) is 0 Å². The van der Waals surface area contributed by atoms with Gasteiger partial charge in [0.15, 0.2) is 5.96 Å². The Morgan fingerprint density at radius 1 is 1.21 bits per heavy atom. The second-order valence-corrected chi connectivity index (χ2v) is 8.43. The molecule has 8 heteroatoms. The smallest absolute Gasteiger partial charge is 0.261 e. The van der Waals surface area contributed by atoms with Crippen molar-refractivity contribution < 1.29 is 9.59 Å². The predicted molar refractivity (Wildman–Crippen MR) is 113 cm³/mol. The molecule has 1 aliphatic heterocycles. The minimum Gasteiger partial charge on any atom is -0.356 e. The second-order valence-electron chi connectivity index (χ2n) is 7.48. The van der Waals surface area contributed by atoms with E-state index in [4.69, 9.17) is 0 Å². The number of carbonyl (C=O) groups excluding carboxylic acids is 2. The van der Waals surface area contributed by atoms with Gasteiger partial charge < -0.3 is 20.9 Å². The monoisotopic (exact) mass is 405 g/mol. The van der Waals surface area contributed by atoms with Crippen molar-refractivity contribution in [1.82, 2.24) is 20.9 Å². The third kappa shape index (κ3) is 5.70. The molecule has 1 aliphatic carbocycles. The molecule has 2 amide bonds. The van der Waals surface area contributed by atoms with Crippen LogP contribution in [0.15, 0.2) is 22.5 Å². The SMILES string of the molecule is CN=C(NCCCNC(=O)c1cccs1)NC1CCN(C(=O)C2CCCC2)C1. The van der Waals surface area contributed by atoms with E-state index in [-0.39, 0.29) is 17.9 Å². The number of nitrogens with one attached hydrogen (secondary N) is 3. The molecule has 1 atom stereocenters. The van der Waals surface area contributed by atoms with Crippen LogP contribution < -0.4 is 16.0 Å². The minimum absolute atomic E-state index is 0.0181. The molecule has 3 rings (SSSR count). The van der Waals surface area contributed by atoms with Crippen LogP contribution in [-0.2, 0) is 4.79 Å². The summed E-state index contributed by atoms with van der Waals surface area (Å²) in [6, 6.07) is 3.95. The Morgan fingerprint density at radius 2 is 2.00 bits per heavy atom. The highest BCUT2D eigenvalue weighted by Crippen LogP contribution is 2.27. The van der Waals surface area contributed by atoms with Crippen molar-refractivity contribution in [2.45, 2.75) is 44.6 Å². The number of hydrogen-bond acceptors (Lipinski definition) is 4. The average Bonchev–Trinajstić information content (AvgIpc) is 3.48. The molecule has 0 radical (unpaired) electrons. The molecule has 154 valence electrons. The van der Waals surface area contributed by atoms with Gasteiger partial charge in [0.05, 0.1) is 4.88 Å². The van der Waals surface area contributed by atoms with Crippen LogP contribution in [0.4, 0.5) is 0 Å². The number of thiophene rings is 1. The van der Waals surface area contributed by atoms with E-state index in [0.717, 1.165) is 56.2 Å². The molecule has 2 heterocycles. The first kappa shape index (κ1) is 20.6. The van der Waals surface area contributed by atoms with Crippen molar-refractivity contribution in [2.24, 2.45) is 10.9 Å². The van der Waals surface area contributed by atoms with Crippen LogP contribution in [-0.4, -0.2) is 61.9 Å². The Balaban J connectivity index is 1.31. The second kappa shape index (κ2) is 10.5. The molecule has 0 spiro atoms. The zero-order valence-electron chi connectivity index (χ0n) is 16.6. The van der Waals surface area contributed by atoms with Gasteiger partial charge in [0.2, 0.25) is 5.91 Å². The van der Waals surface area contributed by atoms with Gasteiger partial charge in [-0.05, 0) is 37.1 Å². The quantitative estimate of drug-likeness (QED) is 0.367. The van der Waals surface area contributed by atoms with E-state index >= 15 is 0 Å². The summed E-state index contributed by atoms with van der Waals surface area (Å²) in [5, 5.41) is 11.5. The Labute approximate surface area is 171 Å². The largest absolute Gasteiger partial charge is 0.356 e. The van der Waals surface area contributed by atoms with Gasteiger partial charge in [0, 0.05) is 45.2 Å². The summed E-state index contributed by atoms with van der Waals surface area (Å²) in [4.78, 5) is 31.5. The number of nitrogens with zero attached hydrogens (tertiary/aromatic N) is 2. The molecule has 7 nitrogen and oxygen atoms in total. The lowest BCUT2D eigenvalue weighted by Gasteiger charge is -2.21. The van der Waals surface area contributed by atoms with Gasteiger partial charge in [-0.2, -0.15) is 0 Å². The van der Waals surface area contributed by atoms with E-state index in [1.54, 1.807) is 7.05 Å². The van der Waals surface area contributed by atoms with Crippen LogP contribution in [0.2, 0.25) is 0 Å². The number of hydrogen-bond donors (Lipinski definition) is 3. The van der Waals surface area contributed by atoms with E-state index in [2.05, 4.69) is 20.9 Å². The lowest BCUT2D eigenvalue weighted by atomic mass is 10.1. The van der Waals surface area contributed by atoms with Gasteiger partial charge >= 0.3 is 0 Å². The molecular formula is C20H31N5O2S. The van der Waals surface area contributed by atoms with Gasteiger partial charge in [-0.15, -0.1) is 11.3 Å². The Morgan fingerprint density at radius 3 is 2.71 bits per heavy atom. The zero-order valence-corrected chi connectivity index (χ0v) is 17.4. The highest BCUT2D eigenvalue weighted by molar-refractivity contribution is 7.12. The number of guanidine groups is 1. The number of carbonyl (C=O) groups is 2. The molecule has 28 heavy (non-hydrogen) atoms. The topological polar surface area (TPSA) is 85.8 Å². The fourth-order valence-corrected chi connectivity index (χ4v) is 4.53. The molecule has 1 aromatic heterocycles. The number of aliphatic imine (C=N–C) groups is 1. The number of likely N-dealkylation sites (tertiary alicyclic amines) is 1. The first-order valence-electron chi connectivity index (χ1n) is 10.2. The van der Waals surface area contributed by atoms with Gasteiger partial charge in [-0.1, -0.05) is 18.9 Å². The Hall–Kier alpha value is -2.09. The van der Waals surface area contributed by atoms with Crippen molar-refractivity contribution >= 4 is 29.1 Å². The van der Waals surface area contributed by atoms with Gasteiger partial charge in [0.1, 0.15) is 0 Å². The summed E-state index contributed by atoms with van der Waals surface area (Å²) in [6.07, 6.45) is 6.26. The third-order valence-electron chi connectivity index (χ3n) is 5.45. The van der Waals surface area contributed by atoms with Crippen molar-refractivity contribution in [3.63, 3.8) is 0 Å². The molecule has 1 saturated carbocycles. The summed E-state index contributed by atoms with van der Waals surface area (Å²) in [5.74, 6) is 1.33. The maximum absolute atomic E-state index is 12.6. The highest BCUT2D eigenvalue weighted by atomic mass is 32.1. The minimum atomic E-state index is -0.0181. The molecule has 1 saturated heterocycles. The fraction of sp³-hybridized carbons (Fsp3) is 0.650. The van der Waals surface area contributed by atoms with E-state index in [1.807, 2.05) is 22.4 Å². The van der Waals surface area contributed by atoms with Crippen LogP contribution >= 0.6 is 11.3 Å². The van der Waals surface area contributed by atoms with Gasteiger partial charge in [-0.25, -0.2) is 0 Å². The first-order valence-corrected chi connectivity index (χ1v) is 11.1. The Kier molecular flexibility index (Phi) is 7.71. The maximum Gasteiger partial charge on any atom is 0.261 e. The van der Waals surface area contributed by atoms with Gasteiger partial charge in [0.25, 0.3) is 5.91 Å². The summed E-state index contributed by atoms with van der Waals surface area (Å²) < 4.78 is 0. The van der Waals surface area contributed by atoms with E-state index in [9.17, 15) is 9.59 Å². The number of rotatable bonds is 7. The van der Waals surface area contributed by atoms with E-state index in [0.29, 0.717) is 12.5 Å².